The van der Waals surface area contributed by atoms with Crippen molar-refractivity contribution in [3.05, 3.63) is 91.3 Å². The minimum Gasteiger partial charge on any atom is -0.334 e. The Morgan fingerprint density at radius 1 is 0.962 bits per heavy atom. The molecule has 5 heteroatoms. The van der Waals surface area contributed by atoms with E-state index in [1.54, 1.807) is 12.5 Å². The van der Waals surface area contributed by atoms with Crippen LogP contribution in [0.15, 0.2) is 90.7 Å². The zero-order valence-corrected chi connectivity index (χ0v) is 14.3. The van der Waals surface area contributed by atoms with Gasteiger partial charge in [0.15, 0.2) is 0 Å². The molecule has 0 saturated heterocycles. The van der Waals surface area contributed by atoms with Crippen molar-refractivity contribution in [2.45, 2.75) is 6.54 Å². The van der Waals surface area contributed by atoms with Crippen molar-refractivity contribution in [3.8, 4) is 5.69 Å². The average Bonchev–Trinajstić information content (AvgIpc) is 3.35. The first-order chi connectivity index (χ1) is 12.9. The summed E-state index contributed by atoms with van der Waals surface area (Å²) in [6, 6.07) is 16.5. The van der Waals surface area contributed by atoms with Crippen LogP contribution < -0.4 is 0 Å². The summed E-state index contributed by atoms with van der Waals surface area (Å²) in [6.45, 7) is 1.49. The first-order valence-electron chi connectivity index (χ1n) is 8.53. The zero-order valence-electron chi connectivity index (χ0n) is 14.3. The minimum absolute atomic E-state index is 0.669. The summed E-state index contributed by atoms with van der Waals surface area (Å²) >= 11 is 0. The number of hydrogen-bond acceptors (Lipinski definition) is 3. The third-order valence-electron chi connectivity index (χ3n) is 4.12. The summed E-state index contributed by atoms with van der Waals surface area (Å²) in [4.78, 5) is 12.9. The lowest BCUT2D eigenvalue weighted by molar-refractivity contribution is 0.818. The molecule has 4 rings (SSSR count). The van der Waals surface area contributed by atoms with Gasteiger partial charge in [-0.1, -0.05) is 36.4 Å². The number of allylic oxidation sites excluding steroid dienone is 1. The molecule has 2 aromatic carbocycles. The highest BCUT2D eigenvalue weighted by atomic mass is 15.0. The van der Waals surface area contributed by atoms with Gasteiger partial charge in [0.25, 0.3) is 0 Å². The Balaban J connectivity index is 1.37. The van der Waals surface area contributed by atoms with E-state index in [0.29, 0.717) is 6.54 Å². The number of para-hydroxylation sites is 2. The summed E-state index contributed by atoms with van der Waals surface area (Å²) in [5.74, 6) is 0. The smallest absolute Gasteiger partial charge is 0.100 e. The van der Waals surface area contributed by atoms with E-state index in [-0.39, 0.29) is 0 Å². The topological polar surface area (TPSA) is 48.0 Å². The molecule has 128 valence electrons. The van der Waals surface area contributed by atoms with E-state index in [4.69, 9.17) is 0 Å². The molecule has 0 amide bonds. The van der Waals surface area contributed by atoms with E-state index in [9.17, 15) is 0 Å². The monoisotopic (exact) mass is 341 g/mol. The molecule has 2 heterocycles. The molecule has 0 spiro atoms. The van der Waals surface area contributed by atoms with Crippen LogP contribution in [0.5, 0.6) is 0 Å². The number of fused-ring (bicyclic) bond motifs is 1. The van der Waals surface area contributed by atoms with Crippen molar-refractivity contribution in [2.75, 3.05) is 6.54 Å². The maximum Gasteiger partial charge on any atom is 0.100 e. The van der Waals surface area contributed by atoms with Crippen LogP contribution in [-0.2, 0) is 6.54 Å². The lowest BCUT2D eigenvalue weighted by atomic mass is 10.2. The van der Waals surface area contributed by atoms with Crippen LogP contribution in [0.1, 0.15) is 5.56 Å². The van der Waals surface area contributed by atoms with Gasteiger partial charge in [-0.15, -0.1) is 0 Å². The van der Waals surface area contributed by atoms with E-state index < -0.39 is 0 Å². The van der Waals surface area contributed by atoms with Gasteiger partial charge in [-0.2, -0.15) is 0 Å². The number of rotatable bonds is 6. The second-order valence-corrected chi connectivity index (χ2v) is 5.92. The lowest BCUT2D eigenvalue weighted by Gasteiger charge is -2.04. The van der Waals surface area contributed by atoms with Crippen LogP contribution in [-0.4, -0.2) is 31.9 Å². The van der Waals surface area contributed by atoms with Crippen molar-refractivity contribution >= 4 is 17.2 Å². The molecular formula is C21H19N5. The maximum absolute atomic E-state index is 4.45. The van der Waals surface area contributed by atoms with Gasteiger partial charge >= 0.3 is 0 Å². The molecule has 0 aliphatic carbocycles. The fourth-order valence-electron chi connectivity index (χ4n) is 2.77. The molecular weight excluding hydrogens is 322 g/mol. The minimum atomic E-state index is 0.669. The third-order valence-corrected chi connectivity index (χ3v) is 4.12. The SMILES string of the molecule is C(=NC/C=C\Cn1ccnc1)c1ccc(-n2cnc3ccccc32)cc1. The van der Waals surface area contributed by atoms with E-state index in [0.717, 1.165) is 28.8 Å². The molecule has 0 aliphatic rings. The summed E-state index contributed by atoms with van der Waals surface area (Å²) in [6.07, 6.45) is 13.4. The zero-order chi connectivity index (χ0) is 17.6. The van der Waals surface area contributed by atoms with Crippen LogP contribution in [0.2, 0.25) is 0 Å². The number of aliphatic imine (C=N–C) groups is 1. The molecule has 0 fully saturated rings. The number of nitrogens with zero attached hydrogens (tertiary/aromatic N) is 5. The quantitative estimate of drug-likeness (QED) is 0.394. The molecule has 0 aliphatic heterocycles. The predicted molar refractivity (Wildman–Crippen MR) is 105 cm³/mol. The van der Waals surface area contributed by atoms with Gasteiger partial charge in [0.2, 0.25) is 0 Å². The van der Waals surface area contributed by atoms with Crippen molar-refractivity contribution in [2.24, 2.45) is 4.99 Å². The van der Waals surface area contributed by atoms with Crippen molar-refractivity contribution in [1.82, 2.24) is 19.1 Å². The Kier molecular flexibility index (Phi) is 4.69. The van der Waals surface area contributed by atoms with Gasteiger partial charge in [-0.25, -0.2) is 9.97 Å². The van der Waals surface area contributed by atoms with E-state index >= 15 is 0 Å². The summed E-state index contributed by atoms with van der Waals surface area (Å²) < 4.78 is 4.11. The highest BCUT2D eigenvalue weighted by molar-refractivity contribution is 5.81. The van der Waals surface area contributed by atoms with Gasteiger partial charge in [0.1, 0.15) is 6.33 Å². The predicted octanol–water partition coefficient (Wildman–Crippen LogP) is 3.90. The highest BCUT2D eigenvalue weighted by Gasteiger charge is 2.03. The maximum atomic E-state index is 4.45. The average molecular weight is 341 g/mol. The number of hydrogen-bond donors (Lipinski definition) is 0. The van der Waals surface area contributed by atoms with Crippen molar-refractivity contribution < 1.29 is 0 Å². The van der Waals surface area contributed by atoms with E-state index in [1.165, 1.54) is 0 Å². The molecule has 0 saturated carbocycles. The van der Waals surface area contributed by atoms with Gasteiger partial charge in [-0.3, -0.25) is 9.56 Å². The first-order valence-corrected chi connectivity index (χ1v) is 8.53. The molecule has 0 atom stereocenters. The first kappa shape index (κ1) is 16.0. The Morgan fingerprint density at radius 3 is 2.69 bits per heavy atom. The largest absolute Gasteiger partial charge is 0.334 e. The second-order valence-electron chi connectivity index (χ2n) is 5.92. The second kappa shape index (κ2) is 7.61. The molecule has 26 heavy (non-hydrogen) atoms. The molecule has 0 unspecified atom stereocenters. The fraction of sp³-hybridized carbons (Fsp3) is 0.0952. The van der Waals surface area contributed by atoms with Gasteiger partial charge in [0, 0.05) is 30.8 Å². The van der Waals surface area contributed by atoms with E-state index in [2.05, 4.69) is 62.0 Å². The highest BCUT2D eigenvalue weighted by Crippen LogP contribution is 2.17. The van der Waals surface area contributed by atoms with Gasteiger partial charge in [0.05, 0.1) is 23.9 Å². The lowest BCUT2D eigenvalue weighted by Crippen LogP contribution is -1.92. The standard InChI is InChI=1S/C21H19N5/c1-2-6-21-20(5-1)24-17-26(21)19-9-7-18(8-10-19)15-22-11-3-4-13-25-14-12-23-16-25/h1-10,12,14-17H,11,13H2/b4-3-,22-15?. The van der Waals surface area contributed by atoms with Crippen LogP contribution in [0.4, 0.5) is 0 Å². The fourth-order valence-corrected chi connectivity index (χ4v) is 2.77. The summed E-state index contributed by atoms with van der Waals surface area (Å²) in [7, 11) is 0. The molecule has 4 aromatic rings. The summed E-state index contributed by atoms with van der Waals surface area (Å²) in [5, 5.41) is 0. The van der Waals surface area contributed by atoms with E-state index in [1.807, 2.05) is 41.5 Å². The van der Waals surface area contributed by atoms with Gasteiger partial charge < -0.3 is 4.57 Å². The normalized spacial score (nSPS) is 11.8. The molecule has 2 aromatic heterocycles. The summed E-state index contributed by atoms with van der Waals surface area (Å²) in [5.41, 5.74) is 4.29. The van der Waals surface area contributed by atoms with Gasteiger partial charge in [-0.05, 0) is 29.8 Å². The molecule has 0 bridgehead atoms. The van der Waals surface area contributed by atoms with Crippen LogP contribution >= 0.6 is 0 Å². The Hall–Kier alpha value is -3.47. The number of imidazole rings is 2. The Labute approximate surface area is 152 Å². The Bertz CT molecular complexity index is 1020. The molecule has 0 N–H and O–H groups in total. The third kappa shape index (κ3) is 3.62. The number of aromatic nitrogens is 4. The van der Waals surface area contributed by atoms with Crippen molar-refractivity contribution in [1.29, 1.82) is 0 Å². The molecule has 0 radical (unpaired) electrons. The van der Waals surface area contributed by atoms with Crippen LogP contribution in [0.25, 0.3) is 16.7 Å². The van der Waals surface area contributed by atoms with Crippen LogP contribution in [0.3, 0.4) is 0 Å². The Morgan fingerprint density at radius 2 is 1.85 bits per heavy atom. The number of benzene rings is 2. The van der Waals surface area contributed by atoms with Crippen molar-refractivity contribution in [3.63, 3.8) is 0 Å². The molecule has 5 nitrogen and oxygen atoms in total. The van der Waals surface area contributed by atoms with Crippen LogP contribution in [0, 0.1) is 0 Å².